The van der Waals surface area contributed by atoms with Crippen molar-refractivity contribution in [3.05, 3.63) is 170 Å². The Morgan fingerprint density at radius 1 is 0.295 bits per heavy atom. The molecule has 0 radical (unpaired) electrons. The fourth-order valence-electron chi connectivity index (χ4n) is 8.64. The molecule has 0 aliphatic rings. The standard InChI is InChI=1S/C77H124O16P2/c1-4-7-10-13-16-19-22-25-28-30-32-33-34-35-36-37-39-41-43-45-48-51-54-57-60-63-75(80)87-66-72(78)67-89-94(83,84)90-68-73(79)69-91-95(85,86)92-71-74(93-77(82)65-62-59-56-53-50-47-42-27-24-21-18-15-12-9-6-3)70-88-76(81)64-61-58-55-52-49-46-44-40-38-31-29-26-23-20-17-14-11-8-5-2/h7-12,16-21,25-29,32-33,35-36,38,40,42,46,49,55,58,72-74,78-79H,4-6,13-15,22-24,30-31,34,37,39,41,43-45,47-48,50-54,56-57,59-71H2,1-3H3,(H,83,84)(H,85,86)/b10-7-,11-8-,12-9-,19-16-,20-17-,21-18-,28-25-,29-26-,33-32-,36-35-,40-38-,42-27-,49-46-,58-55-. The Morgan fingerprint density at radius 3 is 0.895 bits per heavy atom. The van der Waals surface area contributed by atoms with Crippen LogP contribution in [0.3, 0.4) is 0 Å². The summed E-state index contributed by atoms with van der Waals surface area (Å²) in [5.41, 5.74) is 0. The number of phosphoric ester groups is 2. The van der Waals surface area contributed by atoms with Crippen molar-refractivity contribution in [1.29, 1.82) is 0 Å². The van der Waals surface area contributed by atoms with E-state index >= 15 is 0 Å². The molecule has 0 saturated carbocycles. The van der Waals surface area contributed by atoms with E-state index in [1.165, 1.54) is 25.7 Å². The Bertz CT molecular complexity index is 2410. The zero-order chi connectivity index (χ0) is 69.5. The van der Waals surface area contributed by atoms with Gasteiger partial charge in [-0.15, -0.1) is 0 Å². The van der Waals surface area contributed by atoms with E-state index in [2.05, 4.69) is 173 Å². The lowest BCUT2D eigenvalue weighted by Crippen LogP contribution is -2.30. The fraction of sp³-hybridized carbons (Fsp3) is 0.597. The summed E-state index contributed by atoms with van der Waals surface area (Å²) in [7, 11) is -9.82. The number of hydrogen-bond donors (Lipinski definition) is 4. The zero-order valence-corrected chi connectivity index (χ0v) is 60.1. The van der Waals surface area contributed by atoms with Crippen LogP contribution in [-0.2, 0) is 55.8 Å². The van der Waals surface area contributed by atoms with Crippen LogP contribution in [-0.4, -0.2) is 95.9 Å². The monoisotopic (exact) mass is 1370 g/mol. The van der Waals surface area contributed by atoms with Gasteiger partial charge in [0.25, 0.3) is 0 Å². The number of rotatable bonds is 65. The third-order valence-corrected chi connectivity index (χ3v) is 15.8. The van der Waals surface area contributed by atoms with Crippen molar-refractivity contribution in [2.45, 2.75) is 257 Å². The van der Waals surface area contributed by atoms with Crippen LogP contribution in [0.25, 0.3) is 0 Å². The number of esters is 3. The number of hydrogen-bond acceptors (Lipinski definition) is 14. The van der Waals surface area contributed by atoms with Gasteiger partial charge in [-0.1, -0.05) is 255 Å². The summed E-state index contributed by atoms with van der Waals surface area (Å²) in [4.78, 5) is 58.4. The highest BCUT2D eigenvalue weighted by Crippen LogP contribution is 2.45. The number of ether oxygens (including phenoxy) is 3. The molecule has 16 nitrogen and oxygen atoms in total. The van der Waals surface area contributed by atoms with Crippen LogP contribution in [0, 0.1) is 0 Å². The van der Waals surface area contributed by atoms with Gasteiger partial charge in [-0.3, -0.25) is 32.5 Å². The van der Waals surface area contributed by atoms with Crippen LogP contribution >= 0.6 is 15.6 Å². The topological polar surface area (TPSA) is 231 Å². The lowest BCUT2D eigenvalue weighted by Gasteiger charge is -2.21. The van der Waals surface area contributed by atoms with E-state index in [-0.39, 0.29) is 19.3 Å². The maximum atomic E-state index is 12.9. The lowest BCUT2D eigenvalue weighted by molar-refractivity contribution is -0.161. The van der Waals surface area contributed by atoms with Crippen molar-refractivity contribution in [1.82, 2.24) is 0 Å². The summed E-state index contributed by atoms with van der Waals surface area (Å²) in [5, 5.41) is 20.6. The Morgan fingerprint density at radius 2 is 0.547 bits per heavy atom. The Balaban J connectivity index is 4.69. The highest BCUT2D eigenvalue weighted by molar-refractivity contribution is 7.47. The maximum Gasteiger partial charge on any atom is 0.472 e. The molecule has 5 unspecified atom stereocenters. The first-order valence-corrected chi connectivity index (χ1v) is 38.4. The average Bonchev–Trinajstić information content (AvgIpc) is 2.13. The molecule has 0 aromatic carbocycles. The molecule has 0 heterocycles. The highest BCUT2D eigenvalue weighted by Gasteiger charge is 2.29. The lowest BCUT2D eigenvalue weighted by atomic mass is 10.1. The SMILES string of the molecule is CC/C=C\C/C=C\C/C=C\C/C=C\C/C=C\C/C=C\CCC(=O)OCC(COP(=O)(O)OCC(O)COP(=O)(O)OCC(O)COC(=O)CCCCCCCCCCC/C=C\C/C=C\C/C=C\C/C=C\C/C=C\CC)OC(=O)CCCCCCC/C=C\C/C=C\C/C=C\CC. The molecule has 0 aliphatic carbocycles. The van der Waals surface area contributed by atoms with Crippen molar-refractivity contribution in [3.63, 3.8) is 0 Å². The highest BCUT2D eigenvalue weighted by atomic mass is 31.2. The summed E-state index contributed by atoms with van der Waals surface area (Å²) in [6, 6.07) is 0. The normalized spacial score (nSPS) is 15.1. The number of carbonyl (C=O) groups excluding carboxylic acids is 3. The fourth-order valence-corrected chi connectivity index (χ4v) is 10.2. The van der Waals surface area contributed by atoms with Crippen LogP contribution in [0.2, 0.25) is 0 Å². The molecule has 0 fully saturated rings. The number of unbranched alkanes of at least 4 members (excludes halogenated alkanes) is 14. The number of carbonyl (C=O) groups is 3. The summed E-state index contributed by atoms with van der Waals surface area (Å²) in [6.07, 6.45) is 85.6. The van der Waals surface area contributed by atoms with E-state index in [9.17, 15) is 43.5 Å². The van der Waals surface area contributed by atoms with Gasteiger partial charge in [-0.25, -0.2) is 9.13 Å². The quantitative estimate of drug-likeness (QED) is 0.0146. The molecule has 0 aromatic heterocycles. The molecule has 0 spiro atoms. The van der Waals surface area contributed by atoms with Crippen LogP contribution in [0.5, 0.6) is 0 Å². The molecule has 0 aromatic rings. The molecular weight excluding hydrogens is 1240 g/mol. The second kappa shape index (κ2) is 68.8. The first-order valence-electron chi connectivity index (χ1n) is 35.4. The summed E-state index contributed by atoms with van der Waals surface area (Å²) in [6.45, 7) is 2.18. The summed E-state index contributed by atoms with van der Waals surface area (Å²) < 4.78 is 60.8. The molecular formula is C77H124O16P2. The van der Waals surface area contributed by atoms with Gasteiger partial charge in [0.1, 0.15) is 25.4 Å². The summed E-state index contributed by atoms with van der Waals surface area (Å²) in [5.74, 6) is -1.71. The van der Waals surface area contributed by atoms with E-state index in [1.54, 1.807) is 0 Å². The molecule has 0 saturated heterocycles. The molecule has 0 amide bonds. The number of allylic oxidation sites excluding steroid dienone is 28. The van der Waals surface area contributed by atoms with Crippen molar-refractivity contribution >= 4 is 33.6 Å². The predicted molar refractivity (Wildman–Crippen MR) is 389 cm³/mol. The van der Waals surface area contributed by atoms with Gasteiger partial charge in [-0.05, 0) is 135 Å². The van der Waals surface area contributed by atoms with Crippen LogP contribution in [0.15, 0.2) is 170 Å². The number of aliphatic hydroxyl groups is 2. The number of aliphatic hydroxyl groups excluding tert-OH is 2. The molecule has 538 valence electrons. The maximum absolute atomic E-state index is 12.9. The second-order valence-corrected chi connectivity index (χ2v) is 25.8. The minimum absolute atomic E-state index is 0.0348. The second-order valence-electron chi connectivity index (χ2n) is 22.9. The van der Waals surface area contributed by atoms with Gasteiger partial charge in [-0.2, -0.15) is 0 Å². The third kappa shape index (κ3) is 70.1. The first kappa shape index (κ1) is 89.9. The largest absolute Gasteiger partial charge is 0.472 e. The predicted octanol–water partition coefficient (Wildman–Crippen LogP) is 20.1. The van der Waals surface area contributed by atoms with Crippen molar-refractivity contribution < 1.29 is 75.8 Å². The Labute approximate surface area is 573 Å². The van der Waals surface area contributed by atoms with Gasteiger partial charge in [0, 0.05) is 19.3 Å². The Kier molecular flexibility index (Phi) is 65.1. The van der Waals surface area contributed by atoms with Gasteiger partial charge in [0.15, 0.2) is 6.10 Å². The molecule has 5 atom stereocenters. The smallest absolute Gasteiger partial charge is 0.463 e. The Hall–Kier alpha value is -5.09. The van der Waals surface area contributed by atoms with Gasteiger partial charge in [0.2, 0.25) is 0 Å². The van der Waals surface area contributed by atoms with E-state index < -0.39 is 91.5 Å². The molecule has 0 aliphatic heterocycles. The van der Waals surface area contributed by atoms with Crippen molar-refractivity contribution in [3.8, 4) is 0 Å². The van der Waals surface area contributed by atoms with E-state index in [0.717, 1.165) is 148 Å². The zero-order valence-electron chi connectivity index (χ0n) is 58.3. The minimum atomic E-state index is -4.95. The van der Waals surface area contributed by atoms with Gasteiger partial charge in [0.05, 0.1) is 26.4 Å². The van der Waals surface area contributed by atoms with Crippen LogP contribution < -0.4 is 0 Å². The van der Waals surface area contributed by atoms with Gasteiger partial charge >= 0.3 is 33.6 Å². The van der Waals surface area contributed by atoms with Crippen LogP contribution in [0.4, 0.5) is 0 Å². The minimum Gasteiger partial charge on any atom is -0.463 e. The molecule has 0 rings (SSSR count). The molecule has 18 heteroatoms. The van der Waals surface area contributed by atoms with E-state index in [0.29, 0.717) is 25.7 Å². The van der Waals surface area contributed by atoms with Crippen LogP contribution in [0.1, 0.15) is 239 Å². The van der Waals surface area contributed by atoms with Crippen molar-refractivity contribution in [2.75, 3.05) is 39.6 Å². The van der Waals surface area contributed by atoms with Gasteiger partial charge < -0.3 is 34.2 Å². The molecule has 95 heavy (non-hydrogen) atoms. The number of phosphoric acid groups is 2. The molecule has 4 N–H and O–H groups in total. The third-order valence-electron chi connectivity index (χ3n) is 13.9. The van der Waals surface area contributed by atoms with E-state index in [4.69, 9.17) is 32.3 Å². The van der Waals surface area contributed by atoms with Crippen molar-refractivity contribution in [2.24, 2.45) is 0 Å². The molecule has 0 bridgehead atoms. The first-order chi connectivity index (χ1) is 46.2. The van der Waals surface area contributed by atoms with E-state index in [1.807, 2.05) is 18.2 Å². The summed E-state index contributed by atoms with van der Waals surface area (Å²) >= 11 is 0. The average molecular weight is 1370 g/mol.